The monoisotopic (exact) mass is 291 g/mol. The van der Waals surface area contributed by atoms with Crippen LogP contribution < -0.4 is 0 Å². The Labute approximate surface area is 96.8 Å². The maximum absolute atomic E-state index is 11.2. The van der Waals surface area contributed by atoms with E-state index in [9.17, 15) is 13.2 Å². The highest BCUT2D eigenvalue weighted by Gasteiger charge is 2.13. The van der Waals surface area contributed by atoms with Crippen molar-refractivity contribution in [2.75, 3.05) is 6.26 Å². The van der Waals surface area contributed by atoms with Gasteiger partial charge in [-0.15, -0.1) is 0 Å². The number of sulfone groups is 1. The molecule has 1 aromatic heterocycles. The first-order valence-electron chi connectivity index (χ1n) is 4.12. The fourth-order valence-electron chi connectivity index (χ4n) is 1.11. The maximum atomic E-state index is 11.2. The molecule has 0 saturated carbocycles. The number of Topliss-reactive ketones (excluding diaryl/α,β-unsaturated/α-hetero) is 1. The van der Waals surface area contributed by atoms with Crippen LogP contribution in [0.15, 0.2) is 17.2 Å². The molecule has 0 aliphatic carbocycles. The highest BCUT2D eigenvalue weighted by Crippen LogP contribution is 2.16. The predicted octanol–water partition coefficient (Wildman–Crippen LogP) is 1.58. The van der Waals surface area contributed by atoms with Gasteiger partial charge in [0, 0.05) is 24.7 Å². The minimum absolute atomic E-state index is 0.127. The molecule has 1 aromatic rings. The molecule has 0 aliphatic heterocycles. The van der Waals surface area contributed by atoms with Gasteiger partial charge in [-0.25, -0.2) is 8.42 Å². The summed E-state index contributed by atoms with van der Waals surface area (Å²) >= 11 is 3.19. The summed E-state index contributed by atoms with van der Waals surface area (Å²) in [6.07, 6.45) is 2.31. The molecule has 0 fully saturated rings. The van der Waals surface area contributed by atoms with Crippen LogP contribution in [0.2, 0.25) is 0 Å². The summed E-state index contributed by atoms with van der Waals surface area (Å²) < 4.78 is 22.5. The van der Waals surface area contributed by atoms with Gasteiger partial charge >= 0.3 is 0 Å². The van der Waals surface area contributed by atoms with Gasteiger partial charge in [-0.2, -0.15) is 0 Å². The van der Waals surface area contributed by atoms with E-state index < -0.39 is 9.84 Å². The van der Waals surface area contributed by atoms with Crippen molar-refractivity contribution in [3.05, 3.63) is 23.5 Å². The number of pyridine rings is 1. The Morgan fingerprint density at radius 3 is 2.53 bits per heavy atom. The second-order valence-electron chi connectivity index (χ2n) is 3.14. The van der Waals surface area contributed by atoms with Gasteiger partial charge in [0.2, 0.25) is 0 Å². The topological polar surface area (TPSA) is 64.1 Å². The van der Waals surface area contributed by atoms with E-state index in [0.29, 0.717) is 16.6 Å². The SMILES string of the molecule is CC(=O)c1ncc(S(C)(=O)=O)cc1CBr. The first-order chi connectivity index (χ1) is 6.86. The zero-order valence-electron chi connectivity index (χ0n) is 8.32. The van der Waals surface area contributed by atoms with Crippen molar-refractivity contribution in [3.63, 3.8) is 0 Å². The largest absolute Gasteiger partial charge is 0.293 e. The zero-order valence-corrected chi connectivity index (χ0v) is 10.7. The van der Waals surface area contributed by atoms with Crippen molar-refractivity contribution in [1.82, 2.24) is 4.98 Å². The van der Waals surface area contributed by atoms with E-state index in [1.54, 1.807) is 0 Å². The summed E-state index contributed by atoms with van der Waals surface area (Å²) in [6, 6.07) is 1.47. The lowest BCUT2D eigenvalue weighted by atomic mass is 10.2. The first kappa shape index (κ1) is 12.3. The van der Waals surface area contributed by atoms with E-state index >= 15 is 0 Å². The Kier molecular flexibility index (Phi) is 3.62. The molecule has 0 aliphatic rings. The molecule has 0 aromatic carbocycles. The second-order valence-corrected chi connectivity index (χ2v) is 5.72. The van der Waals surface area contributed by atoms with Crippen molar-refractivity contribution < 1.29 is 13.2 Å². The fraction of sp³-hybridized carbons (Fsp3) is 0.333. The van der Waals surface area contributed by atoms with Crippen LogP contribution in [0, 0.1) is 0 Å². The quantitative estimate of drug-likeness (QED) is 0.627. The van der Waals surface area contributed by atoms with E-state index in [-0.39, 0.29) is 10.7 Å². The van der Waals surface area contributed by atoms with Crippen LogP contribution in [0.3, 0.4) is 0 Å². The summed E-state index contributed by atoms with van der Waals surface area (Å²) in [5, 5.41) is 0.401. The molecule has 0 bridgehead atoms. The van der Waals surface area contributed by atoms with Gasteiger partial charge in [0.25, 0.3) is 0 Å². The number of carbonyl (C=O) groups is 1. The van der Waals surface area contributed by atoms with Gasteiger partial charge in [0.15, 0.2) is 15.6 Å². The van der Waals surface area contributed by atoms with Crippen LogP contribution in [0.5, 0.6) is 0 Å². The highest BCUT2D eigenvalue weighted by atomic mass is 79.9. The van der Waals surface area contributed by atoms with E-state index in [2.05, 4.69) is 20.9 Å². The number of alkyl halides is 1. The van der Waals surface area contributed by atoms with Gasteiger partial charge in [0.1, 0.15) is 5.69 Å². The second kappa shape index (κ2) is 4.40. The molecule has 6 heteroatoms. The number of aromatic nitrogens is 1. The van der Waals surface area contributed by atoms with Crippen molar-refractivity contribution in [1.29, 1.82) is 0 Å². The van der Waals surface area contributed by atoms with E-state index in [1.165, 1.54) is 19.2 Å². The molecule has 82 valence electrons. The van der Waals surface area contributed by atoms with E-state index in [4.69, 9.17) is 0 Å². The summed E-state index contributed by atoms with van der Waals surface area (Å²) in [5.41, 5.74) is 0.893. The van der Waals surface area contributed by atoms with Crippen molar-refractivity contribution in [2.45, 2.75) is 17.1 Å². The molecule has 0 saturated heterocycles. The predicted molar refractivity (Wildman–Crippen MR) is 60.0 cm³/mol. The average molecular weight is 292 g/mol. The summed E-state index contributed by atoms with van der Waals surface area (Å²) in [4.78, 5) is 15.1. The molecule has 0 spiro atoms. The van der Waals surface area contributed by atoms with Gasteiger partial charge in [-0.3, -0.25) is 9.78 Å². The third-order valence-corrected chi connectivity index (χ3v) is 3.53. The third kappa shape index (κ3) is 2.85. The standard InChI is InChI=1S/C9H10BrNO3S/c1-6(12)9-7(4-10)3-8(5-11-9)15(2,13)14/h3,5H,4H2,1-2H3. The fourth-order valence-corrected chi connectivity index (χ4v) is 2.14. The van der Waals surface area contributed by atoms with Crippen molar-refractivity contribution >= 4 is 31.6 Å². The molecule has 4 nitrogen and oxygen atoms in total. The van der Waals surface area contributed by atoms with Gasteiger partial charge in [0.05, 0.1) is 4.90 Å². The van der Waals surface area contributed by atoms with Crippen LogP contribution in [0.25, 0.3) is 0 Å². The number of hydrogen-bond donors (Lipinski definition) is 0. The molecule has 0 N–H and O–H groups in total. The summed E-state index contributed by atoms with van der Waals surface area (Å²) in [7, 11) is -3.27. The van der Waals surface area contributed by atoms with Gasteiger partial charge in [-0.1, -0.05) is 15.9 Å². The molecule has 0 unspecified atom stereocenters. The summed E-state index contributed by atoms with van der Waals surface area (Å²) in [6.45, 7) is 1.40. The van der Waals surface area contributed by atoms with Crippen LogP contribution in [0.1, 0.15) is 23.0 Å². The van der Waals surface area contributed by atoms with Gasteiger partial charge < -0.3 is 0 Å². The van der Waals surface area contributed by atoms with Crippen LogP contribution >= 0.6 is 15.9 Å². The lowest BCUT2D eigenvalue weighted by molar-refractivity contribution is 0.101. The van der Waals surface area contributed by atoms with Gasteiger partial charge in [-0.05, 0) is 11.6 Å². The Hall–Kier alpha value is -0.750. The third-order valence-electron chi connectivity index (χ3n) is 1.85. The van der Waals surface area contributed by atoms with E-state index in [0.717, 1.165) is 6.26 Å². The maximum Gasteiger partial charge on any atom is 0.178 e. The molecule has 0 amide bonds. The first-order valence-corrected chi connectivity index (χ1v) is 7.13. The number of rotatable bonds is 3. The normalized spacial score (nSPS) is 11.4. The highest BCUT2D eigenvalue weighted by molar-refractivity contribution is 9.08. The molecule has 1 rings (SSSR count). The number of ketones is 1. The lowest BCUT2D eigenvalue weighted by Crippen LogP contribution is -2.06. The number of hydrogen-bond acceptors (Lipinski definition) is 4. The molecular weight excluding hydrogens is 282 g/mol. The van der Waals surface area contributed by atoms with E-state index in [1.807, 2.05) is 0 Å². The smallest absolute Gasteiger partial charge is 0.178 e. The number of carbonyl (C=O) groups excluding carboxylic acids is 1. The number of halogens is 1. The zero-order chi connectivity index (χ0) is 11.6. The Morgan fingerprint density at radius 1 is 1.53 bits per heavy atom. The molecule has 0 radical (unpaired) electrons. The molecule has 1 heterocycles. The minimum Gasteiger partial charge on any atom is -0.293 e. The Bertz CT molecular complexity index is 496. The minimum atomic E-state index is -3.27. The molecule has 15 heavy (non-hydrogen) atoms. The number of nitrogens with zero attached hydrogens (tertiary/aromatic N) is 1. The van der Waals surface area contributed by atoms with Crippen LogP contribution in [-0.4, -0.2) is 25.4 Å². The summed E-state index contributed by atoms with van der Waals surface area (Å²) in [5.74, 6) is -0.176. The van der Waals surface area contributed by atoms with Crippen LogP contribution in [0.4, 0.5) is 0 Å². The Balaban J connectivity index is 3.38. The van der Waals surface area contributed by atoms with Crippen molar-refractivity contribution in [2.24, 2.45) is 0 Å². The van der Waals surface area contributed by atoms with Crippen molar-refractivity contribution in [3.8, 4) is 0 Å². The lowest BCUT2D eigenvalue weighted by Gasteiger charge is -2.04. The Morgan fingerprint density at radius 2 is 2.13 bits per heavy atom. The molecular formula is C9H10BrNO3S. The average Bonchev–Trinajstić information content (AvgIpc) is 2.15. The van der Waals surface area contributed by atoms with Crippen LogP contribution in [-0.2, 0) is 15.2 Å². The molecule has 0 atom stereocenters.